The summed E-state index contributed by atoms with van der Waals surface area (Å²) >= 11 is 1.56. The maximum Gasteiger partial charge on any atom is 0.220 e. The van der Waals surface area contributed by atoms with Crippen molar-refractivity contribution >= 4 is 24.1 Å². The first-order valence-electron chi connectivity index (χ1n) is 11.8. The number of hydrogen-bond acceptors (Lipinski definition) is 6. The number of carbonyl (C=O) groups excluding carboxylic acids is 1. The van der Waals surface area contributed by atoms with Crippen molar-refractivity contribution in [2.45, 2.75) is 40.0 Å². The van der Waals surface area contributed by atoms with Gasteiger partial charge >= 0.3 is 0 Å². The van der Waals surface area contributed by atoms with Crippen LogP contribution in [0.5, 0.6) is 0 Å². The lowest BCUT2D eigenvalue weighted by molar-refractivity contribution is -0.0980. The Labute approximate surface area is 217 Å². The molecule has 7 nitrogen and oxygen atoms in total. The first-order valence-corrected chi connectivity index (χ1v) is 12.7. The van der Waals surface area contributed by atoms with Crippen LogP contribution in [0.4, 0.5) is 4.39 Å². The fourth-order valence-corrected chi connectivity index (χ4v) is 4.15. The molecule has 2 aromatic heterocycles. The molecule has 1 aliphatic heterocycles. The number of aliphatic imine (C=N–C) groups is 1. The summed E-state index contributed by atoms with van der Waals surface area (Å²) in [6.45, 7) is 11.2. The van der Waals surface area contributed by atoms with Crippen LogP contribution in [0.1, 0.15) is 56.0 Å². The first kappa shape index (κ1) is 30.9. The van der Waals surface area contributed by atoms with Gasteiger partial charge in [-0.2, -0.15) is 4.39 Å². The third kappa shape index (κ3) is 8.22. The van der Waals surface area contributed by atoms with E-state index in [0.717, 1.165) is 21.6 Å². The lowest BCUT2D eigenvalue weighted by Gasteiger charge is -2.18. The van der Waals surface area contributed by atoms with Crippen molar-refractivity contribution in [1.29, 1.82) is 0 Å². The van der Waals surface area contributed by atoms with E-state index in [1.807, 2.05) is 84.3 Å². The van der Waals surface area contributed by atoms with Gasteiger partial charge in [0.1, 0.15) is 12.8 Å². The number of nitrogens with zero attached hydrogens (tertiary/aromatic N) is 3. The zero-order valence-corrected chi connectivity index (χ0v) is 22.7. The summed E-state index contributed by atoms with van der Waals surface area (Å²) in [6, 6.07) is 12.8. The van der Waals surface area contributed by atoms with E-state index in [1.165, 1.54) is 6.20 Å². The van der Waals surface area contributed by atoms with E-state index in [1.54, 1.807) is 28.4 Å². The highest BCUT2D eigenvalue weighted by molar-refractivity contribution is 7.10. The molecule has 3 aromatic rings. The number of pyridine rings is 1. The molecule has 1 fully saturated rings. The zero-order valence-electron chi connectivity index (χ0n) is 21.9. The van der Waals surface area contributed by atoms with Gasteiger partial charge in [0.2, 0.25) is 5.95 Å². The minimum absolute atomic E-state index is 0.338. The molecule has 36 heavy (non-hydrogen) atoms. The average Bonchev–Trinajstić information content (AvgIpc) is 3.64. The van der Waals surface area contributed by atoms with Crippen LogP contribution in [0, 0.1) is 5.95 Å². The molecule has 1 aliphatic rings. The van der Waals surface area contributed by atoms with Crippen molar-refractivity contribution in [3.63, 3.8) is 0 Å². The van der Waals surface area contributed by atoms with Gasteiger partial charge in [-0.15, -0.1) is 11.3 Å². The minimum atomic E-state index is -0.504. The largest absolute Gasteiger partial charge is 0.370 e. The molecule has 0 spiro atoms. The fourth-order valence-electron chi connectivity index (χ4n) is 3.22. The van der Waals surface area contributed by atoms with E-state index in [0.29, 0.717) is 24.7 Å². The topological polar surface area (TPSA) is 90.0 Å². The zero-order chi connectivity index (χ0) is 27.1. The van der Waals surface area contributed by atoms with Crippen LogP contribution in [0.2, 0.25) is 0 Å². The van der Waals surface area contributed by atoms with Crippen molar-refractivity contribution in [3.8, 4) is 11.1 Å². The molecular formula is C27H37FN4O3S. The van der Waals surface area contributed by atoms with Gasteiger partial charge in [0.15, 0.2) is 12.2 Å². The van der Waals surface area contributed by atoms with E-state index in [9.17, 15) is 4.39 Å². The quantitative estimate of drug-likeness (QED) is 0.261. The van der Waals surface area contributed by atoms with Gasteiger partial charge in [-0.05, 0) is 46.3 Å². The minimum Gasteiger partial charge on any atom is -0.370 e. The van der Waals surface area contributed by atoms with Crippen molar-refractivity contribution in [1.82, 2.24) is 9.88 Å². The lowest BCUT2D eigenvalue weighted by Crippen LogP contribution is -2.31. The predicted octanol–water partition coefficient (Wildman–Crippen LogP) is 5.83. The molecule has 0 bridgehead atoms. The summed E-state index contributed by atoms with van der Waals surface area (Å²) in [5.41, 5.74) is 9.21. The van der Waals surface area contributed by atoms with E-state index in [2.05, 4.69) is 4.98 Å². The van der Waals surface area contributed by atoms with Crippen LogP contribution in [-0.4, -0.2) is 49.9 Å². The Balaban J connectivity index is 0.00000101. The molecule has 1 saturated heterocycles. The van der Waals surface area contributed by atoms with Crippen molar-refractivity contribution < 1.29 is 18.7 Å². The molecule has 0 radical (unpaired) electrons. The average molecular weight is 517 g/mol. The van der Waals surface area contributed by atoms with Gasteiger partial charge < -0.3 is 24.9 Å². The molecule has 1 aromatic carbocycles. The number of rotatable bonds is 5. The SMILES string of the molecule is C=O.CC.CC.CN(C)C(N)=NC(c1cccc(-c2cccnc2F)c1)c1csc(C2OCCO2)c1. The summed E-state index contributed by atoms with van der Waals surface area (Å²) in [4.78, 5) is 19.3. The Kier molecular flexibility index (Phi) is 14.2. The smallest absolute Gasteiger partial charge is 0.220 e. The molecule has 2 N–H and O–H groups in total. The van der Waals surface area contributed by atoms with E-state index in [4.69, 9.17) is 25.0 Å². The Hall–Kier alpha value is -3.14. The van der Waals surface area contributed by atoms with E-state index in [-0.39, 0.29) is 12.3 Å². The molecule has 196 valence electrons. The predicted molar refractivity (Wildman–Crippen MR) is 146 cm³/mol. The van der Waals surface area contributed by atoms with Gasteiger partial charge in [0, 0.05) is 25.9 Å². The van der Waals surface area contributed by atoms with Crippen LogP contribution >= 0.6 is 11.3 Å². The number of benzene rings is 1. The second-order valence-corrected chi connectivity index (χ2v) is 8.05. The Morgan fingerprint density at radius 3 is 2.39 bits per heavy atom. The van der Waals surface area contributed by atoms with Crippen LogP contribution < -0.4 is 5.73 Å². The number of ether oxygens (including phenoxy) is 2. The lowest BCUT2D eigenvalue weighted by atomic mass is 9.97. The number of thiophene rings is 1. The highest BCUT2D eigenvalue weighted by atomic mass is 32.1. The van der Waals surface area contributed by atoms with Gasteiger partial charge in [0.05, 0.1) is 18.1 Å². The molecule has 1 atom stereocenters. The molecule has 0 aliphatic carbocycles. The molecule has 1 unspecified atom stereocenters. The normalized spacial score (nSPS) is 13.8. The Bertz CT molecular complexity index is 1070. The summed E-state index contributed by atoms with van der Waals surface area (Å²) in [7, 11) is 3.69. The molecule has 0 amide bonds. The van der Waals surface area contributed by atoms with Crippen LogP contribution in [0.3, 0.4) is 0 Å². The second-order valence-electron chi connectivity index (χ2n) is 7.11. The van der Waals surface area contributed by atoms with Gasteiger partial charge in [-0.3, -0.25) is 0 Å². The Morgan fingerprint density at radius 2 is 1.78 bits per heavy atom. The summed E-state index contributed by atoms with van der Waals surface area (Å²) in [6.07, 6.45) is 1.10. The van der Waals surface area contributed by atoms with Gasteiger partial charge in [-0.25, -0.2) is 9.98 Å². The third-order valence-corrected chi connectivity index (χ3v) is 5.77. The van der Waals surface area contributed by atoms with Crippen molar-refractivity contribution in [2.75, 3.05) is 27.3 Å². The molecular weight excluding hydrogens is 479 g/mol. The maximum atomic E-state index is 14.2. The number of nitrogens with two attached hydrogens (primary N) is 1. The van der Waals surface area contributed by atoms with Gasteiger partial charge in [-0.1, -0.05) is 45.9 Å². The monoisotopic (exact) mass is 516 g/mol. The molecule has 9 heteroatoms. The standard InChI is InChI=1S/C22H23FN4O2S.2C2H6.CH2O/c1-27(2)22(24)26-19(16-12-18(30-13-16)21-28-9-10-29-21)15-6-3-5-14(11-15)17-7-4-8-25-20(17)23;3*1-2/h3-8,11-13,19,21H,9-10H2,1-2H3,(H2,24,26);2*1-2H3;1H2. The molecule has 0 saturated carbocycles. The van der Waals surface area contributed by atoms with Crippen molar-refractivity contribution in [3.05, 3.63) is 76.0 Å². The molecule has 3 heterocycles. The molecule has 4 rings (SSSR count). The Morgan fingerprint density at radius 1 is 1.11 bits per heavy atom. The summed E-state index contributed by atoms with van der Waals surface area (Å²) in [5, 5.41) is 2.04. The highest BCUT2D eigenvalue weighted by Crippen LogP contribution is 2.36. The van der Waals surface area contributed by atoms with E-state index < -0.39 is 5.95 Å². The van der Waals surface area contributed by atoms with Gasteiger partial charge in [0.25, 0.3) is 0 Å². The number of guanidine groups is 1. The maximum absolute atomic E-state index is 14.2. The van der Waals surface area contributed by atoms with Crippen LogP contribution in [0.25, 0.3) is 11.1 Å². The number of hydrogen-bond donors (Lipinski definition) is 1. The number of aromatic nitrogens is 1. The number of halogens is 1. The first-order chi connectivity index (χ1) is 17.5. The van der Waals surface area contributed by atoms with Crippen LogP contribution in [-0.2, 0) is 14.3 Å². The summed E-state index contributed by atoms with van der Waals surface area (Å²) < 4.78 is 25.5. The fraction of sp³-hybridized carbons (Fsp3) is 0.370. The third-order valence-electron chi connectivity index (χ3n) is 4.80. The number of carbonyl (C=O) groups is 1. The highest BCUT2D eigenvalue weighted by Gasteiger charge is 2.23. The van der Waals surface area contributed by atoms with Crippen molar-refractivity contribution in [2.24, 2.45) is 10.7 Å². The second kappa shape index (κ2) is 16.5. The van der Waals surface area contributed by atoms with E-state index >= 15 is 0 Å². The van der Waals surface area contributed by atoms with Crippen LogP contribution in [0.15, 0.2) is 59.0 Å². The summed E-state index contributed by atoms with van der Waals surface area (Å²) in [5.74, 6) is -0.102.